The second-order valence-electron chi connectivity index (χ2n) is 5.65. The van der Waals surface area contributed by atoms with Crippen LogP contribution in [0.15, 0.2) is 0 Å². The van der Waals surface area contributed by atoms with Gasteiger partial charge in [-0.1, -0.05) is 13.3 Å². The standard InChI is InChI=1S/C13H24O7S/c1-5-6-7-9(14)11-12(20-13(2,3)19-11)10(15)8-18-21(4,16)17/h10-12,15H,5-8H2,1-4H3/t10-,11-,12+/m0/s1. The minimum Gasteiger partial charge on any atom is -0.388 e. The van der Waals surface area contributed by atoms with Gasteiger partial charge < -0.3 is 14.6 Å². The van der Waals surface area contributed by atoms with E-state index in [4.69, 9.17) is 9.47 Å². The number of hydrogen-bond acceptors (Lipinski definition) is 7. The molecule has 0 aromatic rings. The number of hydrogen-bond donors (Lipinski definition) is 1. The Bertz CT molecular complexity index is 457. The average molecular weight is 324 g/mol. The van der Waals surface area contributed by atoms with Crippen molar-refractivity contribution in [1.82, 2.24) is 0 Å². The van der Waals surface area contributed by atoms with Gasteiger partial charge in [0.05, 0.1) is 12.9 Å². The summed E-state index contributed by atoms with van der Waals surface area (Å²) in [5.74, 6) is -1.17. The summed E-state index contributed by atoms with van der Waals surface area (Å²) in [7, 11) is -3.67. The molecule has 3 atom stereocenters. The Morgan fingerprint density at radius 2 is 2.00 bits per heavy atom. The highest BCUT2D eigenvalue weighted by molar-refractivity contribution is 7.85. The first kappa shape index (κ1) is 18.5. The zero-order chi connectivity index (χ0) is 16.3. The summed E-state index contributed by atoms with van der Waals surface area (Å²) in [6, 6.07) is 0. The van der Waals surface area contributed by atoms with Crippen LogP contribution in [0.2, 0.25) is 0 Å². The summed E-state index contributed by atoms with van der Waals surface area (Å²) in [4.78, 5) is 12.1. The molecule has 0 aliphatic carbocycles. The van der Waals surface area contributed by atoms with Crippen molar-refractivity contribution >= 4 is 15.9 Å². The first-order chi connectivity index (χ1) is 9.56. The third-order valence-corrected chi connectivity index (χ3v) is 3.62. The molecule has 1 aliphatic rings. The van der Waals surface area contributed by atoms with Gasteiger partial charge in [0.15, 0.2) is 11.6 Å². The molecule has 0 radical (unpaired) electrons. The molecule has 1 fully saturated rings. The van der Waals surface area contributed by atoms with Crippen LogP contribution >= 0.6 is 0 Å². The maximum Gasteiger partial charge on any atom is 0.264 e. The molecule has 1 aliphatic heterocycles. The highest BCUT2D eigenvalue weighted by Gasteiger charge is 2.48. The van der Waals surface area contributed by atoms with Crippen molar-refractivity contribution in [1.29, 1.82) is 0 Å². The van der Waals surface area contributed by atoms with E-state index in [1.165, 1.54) is 0 Å². The average Bonchev–Trinajstić information content (AvgIpc) is 2.68. The van der Waals surface area contributed by atoms with Crippen LogP contribution in [-0.4, -0.2) is 56.3 Å². The fourth-order valence-corrected chi connectivity index (χ4v) is 2.49. The third kappa shape index (κ3) is 5.99. The van der Waals surface area contributed by atoms with Crippen LogP contribution in [0.4, 0.5) is 0 Å². The molecule has 8 heteroatoms. The Morgan fingerprint density at radius 1 is 1.38 bits per heavy atom. The van der Waals surface area contributed by atoms with Gasteiger partial charge in [0.25, 0.3) is 10.1 Å². The van der Waals surface area contributed by atoms with E-state index in [0.717, 1.165) is 19.1 Å². The second kappa shape index (κ2) is 7.15. The zero-order valence-corrected chi connectivity index (χ0v) is 13.7. The molecule has 1 N–H and O–H groups in total. The smallest absolute Gasteiger partial charge is 0.264 e. The zero-order valence-electron chi connectivity index (χ0n) is 12.9. The molecule has 7 nitrogen and oxygen atoms in total. The first-order valence-electron chi connectivity index (χ1n) is 6.96. The van der Waals surface area contributed by atoms with Gasteiger partial charge in [0.2, 0.25) is 0 Å². The topological polar surface area (TPSA) is 99.1 Å². The molecular formula is C13H24O7S. The van der Waals surface area contributed by atoms with Gasteiger partial charge in [-0.15, -0.1) is 0 Å². The fourth-order valence-electron chi connectivity index (χ4n) is 2.10. The normalized spacial score (nSPS) is 26.7. The van der Waals surface area contributed by atoms with E-state index < -0.39 is 40.8 Å². The lowest BCUT2D eigenvalue weighted by Crippen LogP contribution is -2.42. The Kier molecular flexibility index (Phi) is 6.30. The Labute approximate surface area is 125 Å². The van der Waals surface area contributed by atoms with Crippen molar-refractivity contribution in [2.75, 3.05) is 12.9 Å². The number of ether oxygens (including phenoxy) is 2. The largest absolute Gasteiger partial charge is 0.388 e. The van der Waals surface area contributed by atoms with Gasteiger partial charge in [-0.25, -0.2) is 0 Å². The van der Waals surface area contributed by atoms with Gasteiger partial charge in [-0.3, -0.25) is 8.98 Å². The number of Topliss-reactive ketones (excluding diaryl/α,β-unsaturated/α-hetero) is 1. The lowest BCUT2D eigenvalue weighted by Gasteiger charge is -2.21. The predicted octanol–water partition coefficient (Wildman–Crippen LogP) is 0.603. The van der Waals surface area contributed by atoms with Crippen molar-refractivity contribution in [3.05, 3.63) is 0 Å². The lowest BCUT2D eigenvalue weighted by atomic mass is 10.0. The van der Waals surface area contributed by atoms with Crippen LogP contribution in [0.25, 0.3) is 0 Å². The van der Waals surface area contributed by atoms with E-state index in [1.54, 1.807) is 13.8 Å². The first-order valence-corrected chi connectivity index (χ1v) is 8.78. The molecule has 0 aromatic heterocycles. The van der Waals surface area contributed by atoms with Crippen molar-refractivity contribution in [3.8, 4) is 0 Å². The Hall–Kier alpha value is -0.540. The number of aliphatic hydroxyl groups excluding tert-OH is 1. The van der Waals surface area contributed by atoms with Gasteiger partial charge in [0.1, 0.15) is 18.3 Å². The number of ketones is 1. The van der Waals surface area contributed by atoms with Crippen LogP contribution in [0.1, 0.15) is 40.0 Å². The van der Waals surface area contributed by atoms with Crippen molar-refractivity contribution in [2.45, 2.75) is 64.1 Å². The summed E-state index contributed by atoms with van der Waals surface area (Å²) in [5.41, 5.74) is 0. The van der Waals surface area contributed by atoms with Crippen LogP contribution in [0.3, 0.4) is 0 Å². The van der Waals surface area contributed by atoms with Crippen molar-refractivity contribution in [2.24, 2.45) is 0 Å². The second-order valence-corrected chi connectivity index (χ2v) is 7.29. The maximum atomic E-state index is 12.1. The van der Waals surface area contributed by atoms with Gasteiger partial charge in [0, 0.05) is 6.42 Å². The predicted molar refractivity (Wildman–Crippen MR) is 75.2 cm³/mol. The van der Waals surface area contributed by atoms with Gasteiger partial charge in [-0.2, -0.15) is 8.42 Å². The molecule has 0 unspecified atom stereocenters. The highest BCUT2D eigenvalue weighted by atomic mass is 32.2. The molecule has 1 rings (SSSR count). The van der Waals surface area contributed by atoms with Crippen LogP contribution in [0, 0.1) is 0 Å². The summed E-state index contributed by atoms with van der Waals surface area (Å²) in [6.07, 6.45) is -0.307. The highest BCUT2D eigenvalue weighted by Crippen LogP contribution is 2.31. The van der Waals surface area contributed by atoms with Crippen LogP contribution < -0.4 is 0 Å². The molecule has 0 aromatic carbocycles. The van der Waals surface area contributed by atoms with E-state index >= 15 is 0 Å². The Balaban J connectivity index is 2.73. The number of carbonyl (C=O) groups excluding carboxylic acids is 1. The molecule has 0 bridgehead atoms. The van der Waals surface area contributed by atoms with E-state index in [1.807, 2.05) is 6.92 Å². The SMILES string of the molecule is CCCCC(=O)[C@@H]1OC(C)(C)O[C@@H]1[C@@H](O)COS(C)(=O)=O. The molecule has 1 saturated heterocycles. The van der Waals surface area contributed by atoms with Crippen molar-refractivity contribution < 1.29 is 32.0 Å². The minimum absolute atomic E-state index is 0.161. The number of carbonyl (C=O) groups is 1. The summed E-state index contributed by atoms with van der Waals surface area (Å²) in [6.45, 7) is 4.77. The summed E-state index contributed by atoms with van der Waals surface area (Å²) >= 11 is 0. The van der Waals surface area contributed by atoms with Gasteiger partial charge in [-0.05, 0) is 20.3 Å². The molecule has 0 amide bonds. The van der Waals surface area contributed by atoms with E-state index in [0.29, 0.717) is 6.42 Å². The molecule has 0 spiro atoms. The minimum atomic E-state index is -3.67. The molecule has 0 saturated carbocycles. The van der Waals surface area contributed by atoms with E-state index in [2.05, 4.69) is 4.18 Å². The fraction of sp³-hybridized carbons (Fsp3) is 0.923. The number of aliphatic hydroxyl groups is 1. The molecule has 1 heterocycles. The lowest BCUT2D eigenvalue weighted by molar-refractivity contribution is -0.160. The maximum absolute atomic E-state index is 12.1. The number of unbranched alkanes of at least 4 members (excludes halogenated alkanes) is 1. The summed E-state index contributed by atoms with van der Waals surface area (Å²) in [5, 5.41) is 10.0. The van der Waals surface area contributed by atoms with Crippen LogP contribution in [0.5, 0.6) is 0 Å². The number of rotatable bonds is 8. The van der Waals surface area contributed by atoms with E-state index in [-0.39, 0.29) is 5.78 Å². The molecular weight excluding hydrogens is 300 g/mol. The third-order valence-electron chi connectivity index (χ3n) is 3.06. The van der Waals surface area contributed by atoms with Crippen molar-refractivity contribution in [3.63, 3.8) is 0 Å². The monoisotopic (exact) mass is 324 g/mol. The van der Waals surface area contributed by atoms with Crippen LogP contribution in [-0.2, 0) is 28.6 Å². The molecule has 21 heavy (non-hydrogen) atoms. The molecule has 124 valence electrons. The quantitative estimate of drug-likeness (QED) is 0.653. The Morgan fingerprint density at radius 3 is 2.52 bits per heavy atom. The summed E-state index contributed by atoms with van der Waals surface area (Å²) < 4.78 is 37.5. The van der Waals surface area contributed by atoms with E-state index in [9.17, 15) is 18.3 Å². The van der Waals surface area contributed by atoms with Gasteiger partial charge >= 0.3 is 0 Å².